The molecule has 3 fully saturated rings. The van der Waals surface area contributed by atoms with Gasteiger partial charge >= 0.3 is 0 Å². The Morgan fingerprint density at radius 1 is 1.47 bits per heavy atom. The molecular formula is C10H16O4S. The number of Topliss-reactive ketones (excluding diaryl/α,β-unsaturated/α-hetero) is 1. The molecule has 15 heavy (non-hydrogen) atoms. The molecule has 3 saturated carbocycles. The Kier molecular flexibility index (Phi) is 2.09. The fraction of sp³-hybridized carbons (Fsp3) is 0.900. The lowest BCUT2D eigenvalue weighted by molar-refractivity contribution is -0.179. The van der Waals surface area contributed by atoms with E-state index < -0.39 is 21.3 Å². The fourth-order valence-corrected chi connectivity index (χ4v) is 4.70. The van der Waals surface area contributed by atoms with E-state index in [1.165, 1.54) is 0 Å². The van der Waals surface area contributed by atoms with Crippen LogP contribution < -0.4 is 0 Å². The maximum atomic E-state index is 11.9. The van der Waals surface area contributed by atoms with Crippen LogP contribution >= 0.6 is 0 Å². The van der Waals surface area contributed by atoms with Crippen molar-refractivity contribution in [3.63, 3.8) is 0 Å². The Balaban J connectivity index is 2.38. The molecular weight excluding hydrogens is 216 g/mol. The molecule has 0 radical (unpaired) electrons. The average molecular weight is 232 g/mol. The molecule has 2 atom stereocenters. The van der Waals surface area contributed by atoms with Crippen molar-refractivity contribution in [2.45, 2.75) is 33.1 Å². The van der Waals surface area contributed by atoms with Crippen LogP contribution in [0.1, 0.15) is 33.1 Å². The predicted molar refractivity (Wildman–Crippen MR) is 55.0 cm³/mol. The summed E-state index contributed by atoms with van der Waals surface area (Å²) >= 11 is 0. The molecule has 4 nitrogen and oxygen atoms in total. The number of ketones is 1. The first-order valence-electron chi connectivity index (χ1n) is 5.20. The maximum Gasteiger partial charge on any atom is 0.265 e. The smallest absolute Gasteiger partial charge is 0.265 e. The summed E-state index contributed by atoms with van der Waals surface area (Å²) in [7, 11) is -4.07. The van der Waals surface area contributed by atoms with E-state index in [2.05, 4.69) is 0 Å². The van der Waals surface area contributed by atoms with Gasteiger partial charge in [-0.3, -0.25) is 9.35 Å². The SMILES string of the molecule is CC1(C)[C@@H]2CCC[C@]1(CS(=O)(=O)O)C2=O. The first-order chi connectivity index (χ1) is 6.71. The van der Waals surface area contributed by atoms with Gasteiger partial charge in [-0.15, -0.1) is 0 Å². The largest absolute Gasteiger partial charge is 0.299 e. The van der Waals surface area contributed by atoms with Gasteiger partial charge in [0.25, 0.3) is 10.1 Å². The molecule has 86 valence electrons. The molecule has 0 heterocycles. The van der Waals surface area contributed by atoms with Crippen molar-refractivity contribution in [1.82, 2.24) is 0 Å². The van der Waals surface area contributed by atoms with Gasteiger partial charge in [0, 0.05) is 5.92 Å². The van der Waals surface area contributed by atoms with Crippen molar-refractivity contribution < 1.29 is 17.8 Å². The minimum absolute atomic E-state index is 0.00648. The fourth-order valence-electron chi connectivity index (χ4n) is 3.42. The normalized spacial score (nSPS) is 38.6. The van der Waals surface area contributed by atoms with Gasteiger partial charge in [0.2, 0.25) is 0 Å². The summed E-state index contributed by atoms with van der Waals surface area (Å²) in [5, 5.41) is 0. The highest BCUT2D eigenvalue weighted by molar-refractivity contribution is 7.85. The Morgan fingerprint density at radius 3 is 2.47 bits per heavy atom. The Hall–Kier alpha value is -0.420. The molecule has 0 aromatic heterocycles. The zero-order chi connectivity index (χ0) is 11.5. The molecule has 0 unspecified atom stereocenters. The molecule has 3 rings (SSSR count). The highest BCUT2D eigenvalue weighted by atomic mass is 32.2. The minimum Gasteiger partial charge on any atom is -0.299 e. The van der Waals surface area contributed by atoms with Crippen molar-refractivity contribution in [2.24, 2.45) is 16.7 Å². The van der Waals surface area contributed by atoms with Gasteiger partial charge in [0.15, 0.2) is 0 Å². The number of carbonyl (C=O) groups excluding carboxylic acids is 1. The molecule has 3 aliphatic rings. The third-order valence-electron chi connectivity index (χ3n) is 4.42. The van der Waals surface area contributed by atoms with Crippen molar-refractivity contribution in [1.29, 1.82) is 0 Å². The predicted octanol–water partition coefficient (Wildman–Crippen LogP) is 1.27. The molecule has 0 aliphatic heterocycles. The summed E-state index contributed by atoms with van der Waals surface area (Å²) < 4.78 is 30.9. The van der Waals surface area contributed by atoms with Crippen molar-refractivity contribution >= 4 is 15.9 Å². The van der Waals surface area contributed by atoms with Gasteiger partial charge in [-0.05, 0) is 18.3 Å². The highest BCUT2D eigenvalue weighted by Crippen LogP contribution is 2.65. The maximum absolute atomic E-state index is 11.9. The van der Waals surface area contributed by atoms with Crippen LogP contribution in [0.5, 0.6) is 0 Å². The summed E-state index contributed by atoms with van der Waals surface area (Å²) in [5.74, 6) is -0.369. The first-order valence-corrected chi connectivity index (χ1v) is 6.81. The van der Waals surface area contributed by atoms with Crippen LogP contribution in [0, 0.1) is 16.7 Å². The summed E-state index contributed by atoms with van der Waals surface area (Å²) in [5.41, 5.74) is -1.10. The molecule has 0 spiro atoms. The summed E-state index contributed by atoms with van der Waals surface area (Å²) in [6.07, 6.45) is 2.34. The van der Waals surface area contributed by atoms with Crippen molar-refractivity contribution in [3.05, 3.63) is 0 Å². The third-order valence-corrected chi connectivity index (χ3v) is 5.28. The van der Waals surface area contributed by atoms with Crippen LogP contribution in [0.3, 0.4) is 0 Å². The molecule has 3 aliphatic carbocycles. The van der Waals surface area contributed by atoms with Crippen molar-refractivity contribution in [2.75, 3.05) is 5.75 Å². The van der Waals surface area contributed by atoms with Crippen LogP contribution in [-0.2, 0) is 14.9 Å². The van der Waals surface area contributed by atoms with E-state index in [0.29, 0.717) is 6.42 Å². The third kappa shape index (κ3) is 1.29. The van der Waals surface area contributed by atoms with E-state index in [1.807, 2.05) is 13.8 Å². The molecule has 5 heteroatoms. The lowest BCUT2D eigenvalue weighted by Gasteiger charge is -2.63. The quantitative estimate of drug-likeness (QED) is 0.728. The number of rotatable bonds is 2. The van der Waals surface area contributed by atoms with Crippen LogP contribution in [0.25, 0.3) is 0 Å². The Bertz CT molecular complexity index is 409. The second-order valence-electron chi connectivity index (χ2n) is 5.34. The average Bonchev–Trinajstić information content (AvgIpc) is 2.05. The van der Waals surface area contributed by atoms with Gasteiger partial charge in [0.05, 0.1) is 11.2 Å². The number of hydrogen-bond acceptors (Lipinski definition) is 3. The molecule has 0 aromatic carbocycles. The zero-order valence-electron chi connectivity index (χ0n) is 8.99. The van der Waals surface area contributed by atoms with Gasteiger partial charge in [-0.1, -0.05) is 20.3 Å². The monoisotopic (exact) mass is 232 g/mol. The van der Waals surface area contributed by atoms with Crippen LogP contribution in [-0.4, -0.2) is 24.5 Å². The molecule has 2 bridgehead atoms. The Morgan fingerprint density at radius 2 is 2.07 bits per heavy atom. The van der Waals surface area contributed by atoms with E-state index in [4.69, 9.17) is 4.55 Å². The number of carbonyl (C=O) groups is 1. The van der Waals surface area contributed by atoms with E-state index in [0.717, 1.165) is 12.8 Å². The van der Waals surface area contributed by atoms with E-state index >= 15 is 0 Å². The topological polar surface area (TPSA) is 71.4 Å². The second-order valence-corrected chi connectivity index (χ2v) is 6.79. The summed E-state index contributed by atoms with van der Waals surface area (Å²) in [6, 6.07) is 0. The van der Waals surface area contributed by atoms with Gasteiger partial charge in [-0.25, -0.2) is 0 Å². The van der Waals surface area contributed by atoms with Crippen LogP contribution in [0.2, 0.25) is 0 Å². The molecule has 0 saturated heterocycles. The summed E-state index contributed by atoms with van der Waals surface area (Å²) in [6.45, 7) is 3.87. The van der Waals surface area contributed by atoms with Gasteiger partial charge < -0.3 is 0 Å². The standard InChI is InChI=1S/C10H16O4S/c1-9(2)7-4-3-5-10(9,8(7)11)6-15(12,13)14/h7H,3-6H2,1-2H3,(H,12,13,14)/t7-,10+/m1/s1. The minimum atomic E-state index is -4.07. The lowest BCUT2D eigenvalue weighted by Crippen LogP contribution is -2.68. The first kappa shape index (κ1) is 11.1. The van der Waals surface area contributed by atoms with E-state index in [-0.39, 0.29) is 17.1 Å². The molecule has 0 aromatic rings. The van der Waals surface area contributed by atoms with Crippen LogP contribution in [0.15, 0.2) is 0 Å². The Labute approximate surface area is 89.8 Å². The lowest BCUT2D eigenvalue weighted by atomic mass is 9.39. The molecule has 0 amide bonds. The number of fused-ring (bicyclic) bond motifs is 2. The second kappa shape index (κ2) is 2.83. The van der Waals surface area contributed by atoms with Crippen LogP contribution in [0.4, 0.5) is 0 Å². The number of hydrogen-bond donors (Lipinski definition) is 1. The van der Waals surface area contributed by atoms with E-state index in [1.54, 1.807) is 0 Å². The zero-order valence-corrected chi connectivity index (χ0v) is 9.80. The van der Waals surface area contributed by atoms with E-state index in [9.17, 15) is 13.2 Å². The van der Waals surface area contributed by atoms with Gasteiger partial charge in [0.1, 0.15) is 5.78 Å². The van der Waals surface area contributed by atoms with Crippen molar-refractivity contribution in [3.8, 4) is 0 Å². The summed E-state index contributed by atoms with van der Waals surface area (Å²) in [4.78, 5) is 11.9. The van der Waals surface area contributed by atoms with Gasteiger partial charge in [-0.2, -0.15) is 8.42 Å². The highest BCUT2D eigenvalue weighted by Gasteiger charge is 2.69. The molecule has 1 N–H and O–H groups in total.